The van der Waals surface area contributed by atoms with Crippen molar-refractivity contribution in [2.75, 3.05) is 25.0 Å². The van der Waals surface area contributed by atoms with Crippen molar-refractivity contribution >= 4 is 22.9 Å². The van der Waals surface area contributed by atoms with E-state index in [1.165, 1.54) is 5.56 Å². The fourth-order valence-corrected chi connectivity index (χ4v) is 4.25. The lowest BCUT2D eigenvalue weighted by molar-refractivity contribution is -0.115. The molecule has 1 atom stereocenters. The summed E-state index contributed by atoms with van der Waals surface area (Å²) in [5.41, 5.74) is 4.12. The van der Waals surface area contributed by atoms with Crippen LogP contribution in [-0.4, -0.2) is 35.5 Å². The Kier molecular flexibility index (Phi) is 6.34. The number of hydrogen-bond donors (Lipinski definition) is 1. The zero-order valence-corrected chi connectivity index (χ0v) is 17.3. The molecule has 0 spiro atoms. The molecule has 4 rings (SSSR count). The Bertz CT molecular complexity index is 940. The quantitative estimate of drug-likeness (QED) is 0.642. The van der Waals surface area contributed by atoms with E-state index in [0.29, 0.717) is 6.42 Å². The van der Waals surface area contributed by atoms with Crippen molar-refractivity contribution in [1.29, 1.82) is 0 Å². The first-order valence-corrected chi connectivity index (χ1v) is 10.8. The number of ether oxygens (including phenoxy) is 1. The van der Waals surface area contributed by atoms with Crippen LogP contribution in [0.1, 0.15) is 30.0 Å². The lowest BCUT2D eigenvalue weighted by Gasteiger charge is -2.32. The number of carbonyl (C=O) groups excluding carboxylic acids is 1. The fourth-order valence-electron chi connectivity index (χ4n) is 3.38. The highest BCUT2D eigenvalue weighted by Gasteiger charge is 2.24. The monoisotopic (exact) mass is 407 g/mol. The van der Waals surface area contributed by atoms with E-state index in [9.17, 15) is 4.79 Å². The van der Waals surface area contributed by atoms with Crippen LogP contribution < -0.4 is 5.32 Å². The van der Waals surface area contributed by atoms with Gasteiger partial charge in [-0.1, -0.05) is 49.4 Å². The van der Waals surface area contributed by atoms with Crippen molar-refractivity contribution in [2.24, 2.45) is 0 Å². The molecule has 3 aromatic rings. The third-order valence-electron chi connectivity index (χ3n) is 4.98. The number of nitrogens with one attached hydrogen (secondary N) is 1. The molecule has 1 saturated heterocycles. The summed E-state index contributed by atoms with van der Waals surface area (Å²) in [5, 5.41) is 5.96. The highest BCUT2D eigenvalue weighted by atomic mass is 32.1. The summed E-state index contributed by atoms with van der Waals surface area (Å²) in [5.74, 6) is 0.0169. The molecule has 0 aliphatic carbocycles. The molecule has 29 heavy (non-hydrogen) atoms. The third-order valence-corrected chi connectivity index (χ3v) is 5.92. The van der Waals surface area contributed by atoms with Crippen molar-refractivity contribution in [1.82, 2.24) is 9.88 Å². The SMILES string of the molecule is CCC(=O)Nc1ccc(-c2csc(C3CN(Cc4ccccc4)CCO3)n2)cc1. The number of rotatable bonds is 6. The predicted molar refractivity (Wildman–Crippen MR) is 117 cm³/mol. The Morgan fingerprint density at radius 2 is 2.00 bits per heavy atom. The minimum atomic E-state index is 0.00864. The molecular weight excluding hydrogens is 382 g/mol. The topological polar surface area (TPSA) is 54.5 Å². The van der Waals surface area contributed by atoms with E-state index in [1.807, 2.05) is 37.3 Å². The van der Waals surface area contributed by atoms with Crippen molar-refractivity contribution < 1.29 is 9.53 Å². The van der Waals surface area contributed by atoms with Gasteiger partial charge in [0.25, 0.3) is 0 Å². The fraction of sp³-hybridized carbons (Fsp3) is 0.304. The highest BCUT2D eigenvalue weighted by Crippen LogP contribution is 2.30. The summed E-state index contributed by atoms with van der Waals surface area (Å²) in [7, 11) is 0. The summed E-state index contributed by atoms with van der Waals surface area (Å²) in [6.45, 7) is 5.29. The summed E-state index contributed by atoms with van der Waals surface area (Å²) >= 11 is 1.65. The van der Waals surface area contributed by atoms with Crippen LogP contribution in [0.4, 0.5) is 5.69 Å². The predicted octanol–water partition coefficient (Wildman–Crippen LogP) is 4.73. The van der Waals surface area contributed by atoms with Gasteiger partial charge in [0.05, 0.1) is 12.3 Å². The molecule has 0 radical (unpaired) electrons. The van der Waals surface area contributed by atoms with Crippen molar-refractivity contribution in [3.8, 4) is 11.3 Å². The third kappa shape index (κ3) is 5.09. The number of thiazole rings is 1. The van der Waals surface area contributed by atoms with E-state index in [-0.39, 0.29) is 12.0 Å². The van der Waals surface area contributed by atoms with Crippen LogP contribution in [0.5, 0.6) is 0 Å². The molecular formula is C23H25N3O2S. The molecule has 0 bridgehead atoms. The molecule has 1 aromatic heterocycles. The van der Waals surface area contributed by atoms with Crippen LogP contribution in [0, 0.1) is 0 Å². The second-order valence-electron chi connectivity index (χ2n) is 7.13. The molecule has 1 fully saturated rings. The zero-order chi connectivity index (χ0) is 20.1. The molecule has 2 aromatic carbocycles. The smallest absolute Gasteiger partial charge is 0.224 e. The van der Waals surface area contributed by atoms with Gasteiger partial charge in [0.2, 0.25) is 5.91 Å². The molecule has 1 amide bonds. The number of amides is 1. The molecule has 1 aliphatic heterocycles. The van der Waals surface area contributed by atoms with Crippen molar-refractivity contribution in [3.63, 3.8) is 0 Å². The number of anilines is 1. The van der Waals surface area contributed by atoms with Gasteiger partial charge in [0.1, 0.15) is 11.1 Å². The van der Waals surface area contributed by atoms with E-state index in [4.69, 9.17) is 9.72 Å². The Labute approximate surface area is 175 Å². The molecule has 5 nitrogen and oxygen atoms in total. The van der Waals surface area contributed by atoms with Gasteiger partial charge in [-0.3, -0.25) is 9.69 Å². The van der Waals surface area contributed by atoms with Gasteiger partial charge in [0.15, 0.2) is 0 Å². The van der Waals surface area contributed by atoms with Gasteiger partial charge in [-0.2, -0.15) is 0 Å². The zero-order valence-electron chi connectivity index (χ0n) is 16.5. The average Bonchev–Trinajstić information content (AvgIpc) is 3.25. The van der Waals surface area contributed by atoms with Crippen LogP contribution in [0.2, 0.25) is 0 Å². The molecule has 0 saturated carbocycles. The summed E-state index contributed by atoms with van der Waals surface area (Å²) in [4.78, 5) is 18.8. The largest absolute Gasteiger partial charge is 0.368 e. The first-order valence-electron chi connectivity index (χ1n) is 9.95. The van der Waals surface area contributed by atoms with Gasteiger partial charge in [-0.25, -0.2) is 4.98 Å². The summed E-state index contributed by atoms with van der Waals surface area (Å²) < 4.78 is 6.02. The Morgan fingerprint density at radius 1 is 1.21 bits per heavy atom. The maximum atomic E-state index is 11.5. The standard InChI is InChI=1S/C23H25N3O2S/c1-2-22(27)24-19-10-8-18(9-11-19)20-16-29-23(25-20)21-15-26(12-13-28-21)14-17-6-4-3-5-7-17/h3-11,16,21H,2,12-15H2,1H3,(H,24,27). The van der Waals surface area contributed by atoms with E-state index in [2.05, 4.69) is 39.9 Å². The number of carbonyl (C=O) groups is 1. The van der Waals surface area contributed by atoms with Gasteiger partial charge in [0, 0.05) is 42.7 Å². The van der Waals surface area contributed by atoms with Crippen LogP contribution in [0.15, 0.2) is 60.0 Å². The maximum absolute atomic E-state index is 11.5. The minimum absolute atomic E-state index is 0.00864. The Hall–Kier alpha value is -2.54. The molecule has 150 valence electrons. The summed E-state index contributed by atoms with van der Waals surface area (Å²) in [6.07, 6.45) is 0.481. The van der Waals surface area contributed by atoms with Crippen LogP contribution in [-0.2, 0) is 16.1 Å². The second kappa shape index (κ2) is 9.31. The molecule has 1 N–H and O–H groups in total. The second-order valence-corrected chi connectivity index (χ2v) is 8.02. The van der Waals surface area contributed by atoms with Gasteiger partial charge < -0.3 is 10.1 Å². The van der Waals surface area contributed by atoms with Crippen LogP contribution in [0.3, 0.4) is 0 Å². The van der Waals surface area contributed by atoms with E-state index >= 15 is 0 Å². The van der Waals surface area contributed by atoms with Crippen molar-refractivity contribution in [3.05, 3.63) is 70.5 Å². The molecule has 1 aliphatic rings. The van der Waals surface area contributed by atoms with Crippen LogP contribution >= 0.6 is 11.3 Å². The Morgan fingerprint density at radius 3 is 2.76 bits per heavy atom. The number of morpholine rings is 1. The van der Waals surface area contributed by atoms with E-state index in [1.54, 1.807) is 11.3 Å². The van der Waals surface area contributed by atoms with Gasteiger partial charge in [-0.15, -0.1) is 11.3 Å². The van der Waals surface area contributed by atoms with Crippen LogP contribution in [0.25, 0.3) is 11.3 Å². The van der Waals surface area contributed by atoms with E-state index < -0.39 is 0 Å². The average molecular weight is 408 g/mol. The van der Waals surface area contributed by atoms with Gasteiger partial charge >= 0.3 is 0 Å². The number of hydrogen-bond acceptors (Lipinski definition) is 5. The first-order chi connectivity index (χ1) is 14.2. The lowest BCUT2D eigenvalue weighted by Crippen LogP contribution is -2.37. The Balaban J connectivity index is 1.41. The summed E-state index contributed by atoms with van der Waals surface area (Å²) in [6, 6.07) is 18.4. The first kappa shape index (κ1) is 19.8. The maximum Gasteiger partial charge on any atom is 0.224 e. The number of nitrogens with zero attached hydrogens (tertiary/aromatic N) is 2. The highest BCUT2D eigenvalue weighted by molar-refractivity contribution is 7.10. The minimum Gasteiger partial charge on any atom is -0.368 e. The van der Waals surface area contributed by atoms with E-state index in [0.717, 1.165) is 48.2 Å². The molecule has 6 heteroatoms. The lowest BCUT2D eigenvalue weighted by atomic mass is 10.1. The normalized spacial score (nSPS) is 17.2. The number of aromatic nitrogens is 1. The molecule has 1 unspecified atom stereocenters. The van der Waals surface area contributed by atoms with Gasteiger partial charge in [-0.05, 0) is 17.7 Å². The van der Waals surface area contributed by atoms with Crippen molar-refractivity contribution in [2.45, 2.75) is 26.0 Å². The number of benzene rings is 2. The molecule has 2 heterocycles.